The lowest BCUT2D eigenvalue weighted by molar-refractivity contribution is -0.116. The Bertz CT molecular complexity index is 1150. The molecule has 0 aliphatic rings. The van der Waals surface area contributed by atoms with Gasteiger partial charge in [0.1, 0.15) is 0 Å². The summed E-state index contributed by atoms with van der Waals surface area (Å²) in [7, 11) is -3.98. The van der Waals surface area contributed by atoms with Crippen molar-refractivity contribution in [1.82, 2.24) is 4.31 Å². The van der Waals surface area contributed by atoms with E-state index in [1.165, 1.54) is 24.3 Å². The lowest BCUT2D eigenvalue weighted by Crippen LogP contribution is -2.37. The summed E-state index contributed by atoms with van der Waals surface area (Å²) in [5, 5.41) is 3.62. The quantitative estimate of drug-likeness (QED) is 0.528. The van der Waals surface area contributed by atoms with Crippen LogP contribution in [0.5, 0.6) is 0 Å². The van der Waals surface area contributed by atoms with Crippen LogP contribution in [-0.4, -0.2) is 25.2 Å². The van der Waals surface area contributed by atoms with Crippen LogP contribution < -0.4 is 5.32 Å². The van der Waals surface area contributed by atoms with Crippen molar-refractivity contribution in [3.8, 4) is 0 Å². The fourth-order valence-corrected chi connectivity index (χ4v) is 4.56. The summed E-state index contributed by atoms with van der Waals surface area (Å²) in [4.78, 5) is 12.8. The summed E-state index contributed by atoms with van der Waals surface area (Å²) in [5.74, 6) is -0.450. The molecule has 0 heterocycles. The van der Waals surface area contributed by atoms with Crippen molar-refractivity contribution in [3.05, 3.63) is 94.0 Å². The lowest BCUT2D eigenvalue weighted by Gasteiger charge is -2.22. The van der Waals surface area contributed by atoms with Gasteiger partial charge in [0.15, 0.2) is 0 Å². The number of amides is 1. The third-order valence-electron chi connectivity index (χ3n) is 4.50. The smallest absolute Gasteiger partial charge is 0.243 e. The second-order valence-electron chi connectivity index (χ2n) is 6.68. The van der Waals surface area contributed by atoms with E-state index in [9.17, 15) is 13.2 Å². The maximum atomic E-state index is 13.3. The first-order chi connectivity index (χ1) is 14.3. The number of hydrogen-bond donors (Lipinski definition) is 1. The Balaban J connectivity index is 1.91. The Hall–Kier alpha value is -2.38. The number of anilines is 1. The van der Waals surface area contributed by atoms with Crippen molar-refractivity contribution < 1.29 is 13.2 Å². The molecule has 30 heavy (non-hydrogen) atoms. The lowest BCUT2D eigenvalue weighted by atomic mass is 10.2. The van der Waals surface area contributed by atoms with E-state index >= 15 is 0 Å². The van der Waals surface area contributed by atoms with Crippen molar-refractivity contribution in [3.63, 3.8) is 0 Å². The highest BCUT2D eigenvalue weighted by atomic mass is 35.5. The van der Waals surface area contributed by atoms with Crippen LogP contribution in [0.2, 0.25) is 10.0 Å². The molecule has 0 unspecified atom stereocenters. The van der Waals surface area contributed by atoms with Crippen molar-refractivity contribution in [2.45, 2.75) is 18.4 Å². The molecule has 3 aromatic carbocycles. The fraction of sp³-hybridized carbons (Fsp3) is 0.136. The molecule has 1 amide bonds. The van der Waals surface area contributed by atoms with E-state index in [4.69, 9.17) is 23.2 Å². The highest BCUT2D eigenvalue weighted by molar-refractivity contribution is 7.89. The van der Waals surface area contributed by atoms with Gasteiger partial charge in [-0.05, 0) is 54.4 Å². The first kappa shape index (κ1) is 22.3. The van der Waals surface area contributed by atoms with Crippen molar-refractivity contribution in [1.29, 1.82) is 0 Å². The van der Waals surface area contributed by atoms with Crippen LogP contribution in [0.4, 0.5) is 5.69 Å². The molecule has 0 atom stereocenters. The Morgan fingerprint density at radius 3 is 2.23 bits per heavy atom. The predicted molar refractivity (Wildman–Crippen MR) is 120 cm³/mol. The molecule has 0 saturated heterocycles. The maximum Gasteiger partial charge on any atom is 0.243 e. The van der Waals surface area contributed by atoms with Gasteiger partial charge in [-0.3, -0.25) is 4.79 Å². The normalized spacial score (nSPS) is 11.5. The second kappa shape index (κ2) is 9.62. The highest BCUT2D eigenvalue weighted by Gasteiger charge is 2.27. The Morgan fingerprint density at radius 1 is 0.933 bits per heavy atom. The molecule has 0 aliphatic heterocycles. The molecule has 156 valence electrons. The Kier molecular flexibility index (Phi) is 7.15. The van der Waals surface area contributed by atoms with Crippen molar-refractivity contribution >= 4 is 44.8 Å². The molecule has 8 heteroatoms. The van der Waals surface area contributed by atoms with Gasteiger partial charge in [-0.1, -0.05) is 59.6 Å². The van der Waals surface area contributed by atoms with E-state index in [1.807, 2.05) is 19.1 Å². The van der Waals surface area contributed by atoms with E-state index in [0.29, 0.717) is 21.3 Å². The van der Waals surface area contributed by atoms with Gasteiger partial charge in [0, 0.05) is 22.3 Å². The van der Waals surface area contributed by atoms with Crippen LogP contribution in [0.3, 0.4) is 0 Å². The molecule has 0 spiro atoms. The standard InChI is InChI=1S/C22H20Cl2N2O3S/c1-16-6-2-5-9-21(16)25-22(27)15-26(14-17-7-3-4-8-20(17)24)30(28,29)19-12-10-18(23)11-13-19/h2-13H,14-15H2,1H3,(H,25,27). The van der Waals surface area contributed by atoms with Crippen molar-refractivity contribution in [2.75, 3.05) is 11.9 Å². The first-order valence-corrected chi connectivity index (χ1v) is 11.3. The average molecular weight is 463 g/mol. The van der Waals surface area contributed by atoms with Gasteiger partial charge < -0.3 is 5.32 Å². The third-order valence-corrected chi connectivity index (χ3v) is 6.92. The summed E-state index contributed by atoms with van der Waals surface area (Å²) in [6.45, 7) is 1.44. The van der Waals surface area contributed by atoms with Crippen molar-refractivity contribution in [2.24, 2.45) is 0 Å². The van der Waals surface area contributed by atoms with E-state index in [2.05, 4.69) is 5.32 Å². The number of benzene rings is 3. The Morgan fingerprint density at radius 2 is 1.57 bits per heavy atom. The number of hydrogen-bond acceptors (Lipinski definition) is 3. The maximum absolute atomic E-state index is 13.3. The van der Waals surface area contributed by atoms with Crippen LogP contribution in [0.15, 0.2) is 77.7 Å². The molecule has 5 nitrogen and oxygen atoms in total. The number of nitrogens with one attached hydrogen (secondary N) is 1. The van der Waals surface area contributed by atoms with Gasteiger partial charge in [0.2, 0.25) is 15.9 Å². The number of aryl methyl sites for hydroxylation is 1. The van der Waals surface area contributed by atoms with Crippen LogP contribution in [0.25, 0.3) is 0 Å². The topological polar surface area (TPSA) is 66.5 Å². The van der Waals surface area contributed by atoms with Crippen LogP contribution in [0, 0.1) is 6.92 Å². The molecule has 0 aliphatic carbocycles. The van der Waals surface area contributed by atoms with Gasteiger partial charge in [0.05, 0.1) is 11.4 Å². The summed E-state index contributed by atoms with van der Waals surface area (Å²) in [5.41, 5.74) is 2.11. The molecule has 1 N–H and O–H groups in total. The minimum Gasteiger partial charge on any atom is -0.325 e. The molecular formula is C22H20Cl2N2O3S. The molecule has 3 aromatic rings. The molecule has 0 saturated carbocycles. The predicted octanol–water partition coefficient (Wildman–Crippen LogP) is 5.13. The fourth-order valence-electron chi connectivity index (χ4n) is 2.86. The zero-order chi connectivity index (χ0) is 21.7. The first-order valence-electron chi connectivity index (χ1n) is 9.12. The number of carbonyl (C=O) groups excluding carboxylic acids is 1. The number of nitrogens with zero attached hydrogens (tertiary/aromatic N) is 1. The van der Waals surface area contributed by atoms with E-state index in [1.54, 1.807) is 36.4 Å². The second-order valence-corrected chi connectivity index (χ2v) is 9.46. The van der Waals surface area contributed by atoms with Crippen LogP contribution in [-0.2, 0) is 21.4 Å². The molecule has 0 fully saturated rings. The largest absolute Gasteiger partial charge is 0.325 e. The molecule has 0 bridgehead atoms. The Labute approximate surface area is 186 Å². The third kappa shape index (κ3) is 5.40. The molecular weight excluding hydrogens is 443 g/mol. The van der Waals surface area contributed by atoms with Gasteiger partial charge in [-0.25, -0.2) is 8.42 Å². The van der Waals surface area contributed by atoms with Crippen LogP contribution >= 0.6 is 23.2 Å². The summed E-state index contributed by atoms with van der Waals surface area (Å²) < 4.78 is 27.7. The van der Waals surface area contributed by atoms with Gasteiger partial charge in [-0.2, -0.15) is 4.31 Å². The zero-order valence-electron chi connectivity index (χ0n) is 16.2. The highest BCUT2D eigenvalue weighted by Crippen LogP contribution is 2.24. The van der Waals surface area contributed by atoms with E-state index < -0.39 is 15.9 Å². The van der Waals surface area contributed by atoms with Gasteiger partial charge in [-0.15, -0.1) is 0 Å². The number of para-hydroxylation sites is 1. The van der Waals surface area contributed by atoms with Gasteiger partial charge in [0.25, 0.3) is 0 Å². The molecule has 3 rings (SSSR count). The number of sulfonamides is 1. The summed E-state index contributed by atoms with van der Waals surface area (Å²) in [6.07, 6.45) is 0. The van der Waals surface area contributed by atoms with Gasteiger partial charge >= 0.3 is 0 Å². The number of halogens is 2. The molecule has 0 radical (unpaired) electrons. The summed E-state index contributed by atoms with van der Waals surface area (Å²) in [6, 6.07) is 20.0. The number of rotatable bonds is 7. The SMILES string of the molecule is Cc1ccccc1NC(=O)CN(Cc1ccccc1Cl)S(=O)(=O)c1ccc(Cl)cc1. The minimum absolute atomic E-state index is 0.0441. The number of carbonyl (C=O) groups is 1. The monoisotopic (exact) mass is 462 g/mol. The zero-order valence-corrected chi connectivity index (χ0v) is 18.5. The molecule has 0 aromatic heterocycles. The van der Waals surface area contributed by atoms with E-state index in [-0.39, 0.29) is 18.0 Å². The average Bonchev–Trinajstić information content (AvgIpc) is 2.71. The van der Waals surface area contributed by atoms with E-state index in [0.717, 1.165) is 9.87 Å². The van der Waals surface area contributed by atoms with Crippen LogP contribution in [0.1, 0.15) is 11.1 Å². The minimum atomic E-state index is -3.98. The summed E-state index contributed by atoms with van der Waals surface area (Å²) >= 11 is 12.1.